The molecule has 0 spiro atoms. The van der Waals surface area contributed by atoms with Gasteiger partial charge in [-0.05, 0) is 60.7 Å². The molecule has 0 aliphatic rings. The Morgan fingerprint density at radius 3 is 2.29 bits per heavy atom. The van der Waals surface area contributed by atoms with Crippen LogP contribution in [-0.4, -0.2) is 33.4 Å². The van der Waals surface area contributed by atoms with Gasteiger partial charge >= 0.3 is 0 Å². The maximum atomic E-state index is 6.18. The molecule has 0 bridgehead atoms. The predicted molar refractivity (Wildman–Crippen MR) is 126 cm³/mol. The van der Waals surface area contributed by atoms with Gasteiger partial charge in [0.1, 0.15) is 11.4 Å². The van der Waals surface area contributed by atoms with Crippen LogP contribution < -0.4 is 11.5 Å². The number of hydrogen-bond acceptors (Lipinski definition) is 7. The monoisotopic (exact) mass is 409 g/mol. The van der Waals surface area contributed by atoms with Crippen molar-refractivity contribution in [2.45, 2.75) is 0 Å². The smallest absolute Gasteiger partial charge is 0.111 e. The molecule has 0 aliphatic carbocycles. The van der Waals surface area contributed by atoms with Gasteiger partial charge in [-0.25, -0.2) is 4.98 Å². The maximum Gasteiger partial charge on any atom is 0.111 e. The lowest BCUT2D eigenvalue weighted by Gasteiger charge is -2.05. The first-order chi connectivity index (χ1) is 15.2. The van der Waals surface area contributed by atoms with Crippen LogP contribution in [-0.2, 0) is 0 Å². The molecule has 31 heavy (non-hydrogen) atoms. The van der Waals surface area contributed by atoms with Crippen molar-refractivity contribution in [1.82, 2.24) is 20.2 Å². The molecule has 154 valence electrons. The third-order valence-electron chi connectivity index (χ3n) is 4.10. The lowest BCUT2D eigenvalue weighted by Crippen LogP contribution is -2.01. The van der Waals surface area contributed by atoms with Crippen molar-refractivity contribution < 1.29 is 0 Å². The van der Waals surface area contributed by atoms with Gasteiger partial charge in [-0.2, -0.15) is 0 Å². The first kappa shape index (κ1) is 21.3. The summed E-state index contributed by atoms with van der Waals surface area (Å²) in [7, 11) is 1.71. The second-order valence-corrected chi connectivity index (χ2v) is 6.37. The van der Waals surface area contributed by atoms with E-state index in [1.807, 2.05) is 66.8 Å². The summed E-state index contributed by atoms with van der Waals surface area (Å²) in [6.07, 6.45) is 14.1. The highest BCUT2D eigenvalue weighted by atomic mass is 15.1. The minimum Gasteiger partial charge on any atom is -0.399 e. The van der Waals surface area contributed by atoms with Crippen LogP contribution in [0.15, 0.2) is 102 Å². The maximum absolute atomic E-state index is 6.18. The quantitative estimate of drug-likeness (QED) is 0.455. The predicted octanol–water partition coefficient (Wildman–Crippen LogP) is 3.56. The van der Waals surface area contributed by atoms with Gasteiger partial charge in [-0.15, -0.1) is 10.2 Å². The van der Waals surface area contributed by atoms with Gasteiger partial charge < -0.3 is 11.5 Å². The minimum absolute atomic E-state index is 0.491. The molecule has 4 N–H and O–H groups in total. The SMILES string of the molecule is CN=C\C=C/C=C/C(N)=C/C=C(\N)c1cccc(-c2ccc(-c3ccccn3)nn2)n1. The van der Waals surface area contributed by atoms with Gasteiger partial charge in [0.15, 0.2) is 0 Å². The summed E-state index contributed by atoms with van der Waals surface area (Å²) >= 11 is 0. The Morgan fingerprint density at radius 1 is 0.806 bits per heavy atom. The van der Waals surface area contributed by atoms with Crippen LogP contribution in [0.4, 0.5) is 0 Å². The molecular formula is C24H23N7. The van der Waals surface area contributed by atoms with E-state index in [0.717, 1.165) is 5.69 Å². The Morgan fingerprint density at radius 2 is 1.58 bits per heavy atom. The number of hydrogen-bond donors (Lipinski definition) is 2. The number of aromatic nitrogens is 4. The molecule has 0 saturated heterocycles. The Balaban J connectivity index is 1.75. The van der Waals surface area contributed by atoms with Gasteiger partial charge in [-0.3, -0.25) is 9.98 Å². The lowest BCUT2D eigenvalue weighted by atomic mass is 10.2. The van der Waals surface area contributed by atoms with Crippen molar-refractivity contribution in [3.05, 3.63) is 103 Å². The highest BCUT2D eigenvalue weighted by Gasteiger charge is 2.07. The molecule has 0 saturated carbocycles. The molecule has 0 aromatic carbocycles. The number of allylic oxidation sites excluding steroid dienone is 6. The van der Waals surface area contributed by atoms with Gasteiger partial charge in [0.05, 0.1) is 22.8 Å². The number of pyridine rings is 2. The van der Waals surface area contributed by atoms with Crippen molar-refractivity contribution in [1.29, 1.82) is 0 Å². The Kier molecular flexibility index (Phi) is 7.54. The average Bonchev–Trinajstić information content (AvgIpc) is 2.83. The highest BCUT2D eigenvalue weighted by molar-refractivity contribution is 5.71. The lowest BCUT2D eigenvalue weighted by molar-refractivity contribution is 1.02. The van der Waals surface area contributed by atoms with Crippen molar-refractivity contribution in [2.24, 2.45) is 16.5 Å². The fourth-order valence-electron chi connectivity index (χ4n) is 2.55. The van der Waals surface area contributed by atoms with Crippen LogP contribution in [0.25, 0.3) is 28.5 Å². The zero-order valence-electron chi connectivity index (χ0n) is 17.1. The fraction of sp³-hybridized carbons (Fsp3) is 0.0417. The first-order valence-corrected chi connectivity index (χ1v) is 9.59. The molecule has 0 atom stereocenters. The molecule has 7 heteroatoms. The minimum atomic E-state index is 0.491. The molecule has 3 rings (SSSR count). The second-order valence-electron chi connectivity index (χ2n) is 6.37. The second kappa shape index (κ2) is 11.0. The summed E-state index contributed by atoms with van der Waals surface area (Å²) in [4.78, 5) is 12.7. The summed E-state index contributed by atoms with van der Waals surface area (Å²) in [6.45, 7) is 0. The van der Waals surface area contributed by atoms with E-state index < -0.39 is 0 Å². The van der Waals surface area contributed by atoms with E-state index in [0.29, 0.717) is 34.2 Å². The van der Waals surface area contributed by atoms with E-state index in [-0.39, 0.29) is 0 Å². The summed E-state index contributed by atoms with van der Waals surface area (Å²) in [5.41, 5.74) is 16.6. The van der Waals surface area contributed by atoms with E-state index in [4.69, 9.17) is 11.5 Å². The molecule has 0 fully saturated rings. The van der Waals surface area contributed by atoms with E-state index >= 15 is 0 Å². The molecule has 3 aromatic rings. The molecule has 0 radical (unpaired) electrons. The molecular weight excluding hydrogens is 386 g/mol. The molecule has 0 unspecified atom stereocenters. The molecule has 0 aliphatic heterocycles. The number of nitrogens with two attached hydrogens (primary N) is 2. The van der Waals surface area contributed by atoms with Crippen molar-refractivity contribution in [3.8, 4) is 22.8 Å². The number of nitrogens with zero attached hydrogens (tertiary/aromatic N) is 5. The zero-order valence-corrected chi connectivity index (χ0v) is 17.1. The highest BCUT2D eigenvalue weighted by Crippen LogP contribution is 2.19. The van der Waals surface area contributed by atoms with Crippen LogP contribution in [0.3, 0.4) is 0 Å². The van der Waals surface area contributed by atoms with Gasteiger partial charge in [0.25, 0.3) is 0 Å². The largest absolute Gasteiger partial charge is 0.399 e. The van der Waals surface area contributed by atoms with Crippen molar-refractivity contribution >= 4 is 11.9 Å². The van der Waals surface area contributed by atoms with Crippen LogP contribution in [0, 0.1) is 0 Å². The third-order valence-corrected chi connectivity index (χ3v) is 4.10. The summed E-state index contributed by atoms with van der Waals surface area (Å²) in [6, 6.07) is 15.0. The Bertz CT molecular complexity index is 1140. The Hall–Kier alpha value is -4.39. The summed E-state index contributed by atoms with van der Waals surface area (Å²) in [5, 5.41) is 8.55. The summed E-state index contributed by atoms with van der Waals surface area (Å²) in [5.74, 6) is 0. The zero-order chi connectivity index (χ0) is 21.9. The fourth-order valence-corrected chi connectivity index (χ4v) is 2.55. The van der Waals surface area contributed by atoms with E-state index in [2.05, 4.69) is 25.2 Å². The number of rotatable bonds is 7. The van der Waals surface area contributed by atoms with Gasteiger partial charge in [0.2, 0.25) is 0 Å². The molecule has 7 nitrogen and oxygen atoms in total. The summed E-state index contributed by atoms with van der Waals surface area (Å²) < 4.78 is 0. The first-order valence-electron chi connectivity index (χ1n) is 9.59. The Labute approximate surface area is 181 Å². The normalized spacial score (nSPS) is 12.9. The van der Waals surface area contributed by atoms with E-state index in [1.54, 1.807) is 37.7 Å². The van der Waals surface area contributed by atoms with Gasteiger partial charge in [0, 0.05) is 25.2 Å². The molecule has 0 amide bonds. The number of aliphatic imine (C=N–C) groups is 1. The standard InChI is InChI=1S/C24H23N7/c1-27-16-5-2-3-8-18(25)12-13-19(26)20-10-7-11-22(29-20)24-15-14-23(30-31-24)21-9-4-6-17-28-21/h2-17H,25-26H2,1H3/b5-2-,8-3+,18-12-,19-13-,27-16?. The van der Waals surface area contributed by atoms with Crippen LogP contribution in [0.5, 0.6) is 0 Å². The van der Waals surface area contributed by atoms with E-state index in [1.165, 1.54) is 0 Å². The van der Waals surface area contributed by atoms with Crippen LogP contribution >= 0.6 is 0 Å². The molecule has 3 heterocycles. The third kappa shape index (κ3) is 6.30. The average molecular weight is 409 g/mol. The van der Waals surface area contributed by atoms with Crippen molar-refractivity contribution in [2.75, 3.05) is 7.05 Å². The topological polar surface area (TPSA) is 116 Å². The molecule has 3 aromatic heterocycles. The van der Waals surface area contributed by atoms with E-state index in [9.17, 15) is 0 Å². The van der Waals surface area contributed by atoms with Crippen molar-refractivity contribution in [3.63, 3.8) is 0 Å². The van der Waals surface area contributed by atoms with Gasteiger partial charge in [-0.1, -0.05) is 24.3 Å². The van der Waals surface area contributed by atoms with Crippen LogP contribution in [0.1, 0.15) is 5.69 Å². The van der Waals surface area contributed by atoms with Crippen LogP contribution in [0.2, 0.25) is 0 Å².